The van der Waals surface area contributed by atoms with E-state index in [1.165, 1.54) is 5.56 Å². The second-order valence-electron chi connectivity index (χ2n) is 8.70. The standard InChI is InChI=1S/C26H36N2O3/c1-6-23(25(30)27-7-2)28(18-17-20-11-9-8-10-12-20)24(29)19-31-22-15-13-21(14-16-22)26(3,4)5/h8-16,23H,6-7,17-19H2,1-5H3,(H,27,30)/t23-/m1/s1. The Labute approximate surface area is 186 Å². The first-order valence-electron chi connectivity index (χ1n) is 11.1. The molecular formula is C26H36N2O3. The van der Waals surface area contributed by atoms with Crippen LogP contribution in [0.25, 0.3) is 0 Å². The fourth-order valence-corrected chi connectivity index (χ4v) is 3.47. The number of hydrogen-bond acceptors (Lipinski definition) is 3. The Morgan fingerprint density at radius 3 is 2.19 bits per heavy atom. The van der Waals surface area contributed by atoms with Gasteiger partial charge in [0.25, 0.3) is 5.91 Å². The Bertz CT molecular complexity index is 826. The van der Waals surface area contributed by atoms with Gasteiger partial charge in [-0.2, -0.15) is 0 Å². The first-order valence-corrected chi connectivity index (χ1v) is 11.1. The Morgan fingerprint density at radius 1 is 1.00 bits per heavy atom. The van der Waals surface area contributed by atoms with Gasteiger partial charge >= 0.3 is 0 Å². The minimum atomic E-state index is -0.511. The third-order valence-corrected chi connectivity index (χ3v) is 5.30. The summed E-state index contributed by atoms with van der Waals surface area (Å²) < 4.78 is 5.78. The number of hydrogen-bond donors (Lipinski definition) is 1. The van der Waals surface area contributed by atoms with E-state index in [2.05, 4.69) is 26.1 Å². The molecule has 1 atom stereocenters. The fraction of sp³-hybridized carbons (Fsp3) is 0.462. The van der Waals surface area contributed by atoms with Gasteiger partial charge in [0.1, 0.15) is 11.8 Å². The molecule has 0 aliphatic rings. The number of amides is 2. The van der Waals surface area contributed by atoms with Gasteiger partial charge in [-0.1, -0.05) is 70.2 Å². The average Bonchev–Trinajstić information content (AvgIpc) is 2.75. The first-order chi connectivity index (χ1) is 14.8. The van der Waals surface area contributed by atoms with Crippen LogP contribution in [0.1, 0.15) is 52.2 Å². The molecule has 1 N–H and O–H groups in total. The van der Waals surface area contributed by atoms with E-state index in [-0.39, 0.29) is 23.8 Å². The summed E-state index contributed by atoms with van der Waals surface area (Å²) in [5.41, 5.74) is 2.39. The zero-order valence-corrected chi connectivity index (χ0v) is 19.5. The van der Waals surface area contributed by atoms with Crippen LogP contribution in [0.3, 0.4) is 0 Å². The molecule has 0 fully saturated rings. The lowest BCUT2D eigenvalue weighted by Crippen LogP contribution is -2.51. The zero-order chi connectivity index (χ0) is 22.9. The lowest BCUT2D eigenvalue weighted by molar-refractivity contribution is -0.142. The van der Waals surface area contributed by atoms with Crippen LogP contribution in [0.4, 0.5) is 0 Å². The number of rotatable bonds is 10. The zero-order valence-electron chi connectivity index (χ0n) is 19.5. The van der Waals surface area contributed by atoms with Crippen LogP contribution in [-0.2, 0) is 21.4 Å². The molecule has 0 saturated heterocycles. The summed E-state index contributed by atoms with van der Waals surface area (Å²) in [6, 6.07) is 17.3. The van der Waals surface area contributed by atoms with Crippen LogP contribution in [0, 0.1) is 0 Å². The summed E-state index contributed by atoms with van der Waals surface area (Å²) in [4.78, 5) is 27.3. The summed E-state index contributed by atoms with van der Waals surface area (Å²) in [5.74, 6) is 0.338. The van der Waals surface area contributed by atoms with Crippen molar-refractivity contribution >= 4 is 11.8 Å². The van der Waals surface area contributed by atoms with E-state index < -0.39 is 6.04 Å². The smallest absolute Gasteiger partial charge is 0.261 e. The van der Waals surface area contributed by atoms with Gasteiger partial charge < -0.3 is 15.0 Å². The minimum Gasteiger partial charge on any atom is -0.484 e. The van der Waals surface area contributed by atoms with Crippen LogP contribution in [0.2, 0.25) is 0 Å². The van der Waals surface area contributed by atoms with Crippen LogP contribution in [-0.4, -0.2) is 42.5 Å². The van der Waals surface area contributed by atoms with Gasteiger partial charge in [0.05, 0.1) is 0 Å². The van der Waals surface area contributed by atoms with E-state index >= 15 is 0 Å². The van der Waals surface area contributed by atoms with Crippen LogP contribution < -0.4 is 10.1 Å². The molecule has 0 saturated carbocycles. The summed E-state index contributed by atoms with van der Waals surface area (Å²) in [5, 5.41) is 2.85. The second kappa shape index (κ2) is 11.5. The molecule has 0 unspecified atom stereocenters. The summed E-state index contributed by atoms with van der Waals surface area (Å²) >= 11 is 0. The highest BCUT2D eigenvalue weighted by Gasteiger charge is 2.28. The summed E-state index contributed by atoms with van der Waals surface area (Å²) in [7, 11) is 0. The lowest BCUT2D eigenvalue weighted by atomic mass is 9.87. The monoisotopic (exact) mass is 424 g/mol. The molecule has 0 aliphatic carbocycles. The predicted molar refractivity (Wildman–Crippen MR) is 125 cm³/mol. The number of carbonyl (C=O) groups excluding carboxylic acids is 2. The van der Waals surface area contributed by atoms with E-state index in [1.54, 1.807) is 4.90 Å². The number of likely N-dealkylation sites (N-methyl/N-ethyl adjacent to an activating group) is 1. The van der Waals surface area contributed by atoms with Crippen molar-refractivity contribution in [3.05, 3.63) is 65.7 Å². The van der Waals surface area contributed by atoms with Crippen LogP contribution in [0.15, 0.2) is 54.6 Å². The van der Waals surface area contributed by atoms with E-state index in [9.17, 15) is 9.59 Å². The van der Waals surface area contributed by atoms with Gasteiger partial charge in [0.2, 0.25) is 5.91 Å². The predicted octanol–water partition coefficient (Wildman–Crippen LogP) is 4.35. The molecule has 2 aromatic carbocycles. The van der Waals surface area contributed by atoms with E-state index in [4.69, 9.17) is 4.74 Å². The van der Waals surface area contributed by atoms with Gasteiger partial charge in [-0.3, -0.25) is 9.59 Å². The molecule has 0 spiro atoms. The van der Waals surface area contributed by atoms with Crippen LogP contribution >= 0.6 is 0 Å². The van der Waals surface area contributed by atoms with Gasteiger partial charge in [0, 0.05) is 13.1 Å². The molecule has 0 radical (unpaired) electrons. The number of ether oxygens (including phenoxy) is 1. The highest BCUT2D eigenvalue weighted by molar-refractivity contribution is 5.88. The highest BCUT2D eigenvalue weighted by Crippen LogP contribution is 2.24. The van der Waals surface area contributed by atoms with Crippen molar-refractivity contribution in [3.63, 3.8) is 0 Å². The maximum atomic E-state index is 13.1. The molecular weight excluding hydrogens is 388 g/mol. The molecule has 31 heavy (non-hydrogen) atoms. The average molecular weight is 425 g/mol. The van der Waals surface area contributed by atoms with Crippen molar-refractivity contribution in [1.29, 1.82) is 0 Å². The Morgan fingerprint density at radius 2 is 1.65 bits per heavy atom. The van der Waals surface area contributed by atoms with E-state index in [1.807, 2.05) is 68.4 Å². The minimum absolute atomic E-state index is 0.0591. The fourth-order valence-electron chi connectivity index (χ4n) is 3.47. The quantitative estimate of drug-likeness (QED) is 0.617. The summed E-state index contributed by atoms with van der Waals surface area (Å²) in [6.07, 6.45) is 1.23. The Balaban J connectivity index is 2.09. The van der Waals surface area contributed by atoms with Crippen molar-refractivity contribution in [1.82, 2.24) is 10.2 Å². The molecule has 168 valence electrons. The largest absolute Gasteiger partial charge is 0.484 e. The molecule has 5 nitrogen and oxygen atoms in total. The third-order valence-electron chi connectivity index (χ3n) is 5.30. The second-order valence-corrected chi connectivity index (χ2v) is 8.70. The SMILES string of the molecule is CCNC(=O)[C@@H](CC)N(CCc1ccccc1)C(=O)COc1ccc(C(C)(C)C)cc1. The topological polar surface area (TPSA) is 58.6 Å². The molecule has 0 heterocycles. The van der Waals surface area contributed by atoms with Gasteiger partial charge in [-0.15, -0.1) is 0 Å². The summed E-state index contributed by atoms with van der Waals surface area (Å²) in [6.45, 7) is 11.2. The number of nitrogens with one attached hydrogen (secondary N) is 1. The first kappa shape index (κ1) is 24.4. The van der Waals surface area contributed by atoms with Crippen molar-refractivity contribution < 1.29 is 14.3 Å². The number of benzene rings is 2. The maximum absolute atomic E-state index is 13.1. The normalized spacial score (nSPS) is 12.2. The number of carbonyl (C=O) groups is 2. The molecule has 2 rings (SSSR count). The molecule has 0 bridgehead atoms. The lowest BCUT2D eigenvalue weighted by Gasteiger charge is -2.30. The number of nitrogens with zero attached hydrogens (tertiary/aromatic N) is 1. The van der Waals surface area contributed by atoms with Crippen molar-refractivity contribution in [2.75, 3.05) is 19.7 Å². The third kappa shape index (κ3) is 7.42. The van der Waals surface area contributed by atoms with Gasteiger partial charge in [0.15, 0.2) is 6.61 Å². The molecule has 0 aliphatic heterocycles. The van der Waals surface area contributed by atoms with Gasteiger partial charge in [-0.05, 0) is 48.4 Å². The molecule has 2 aromatic rings. The molecule has 0 aromatic heterocycles. The van der Waals surface area contributed by atoms with E-state index in [0.717, 1.165) is 5.56 Å². The highest BCUT2D eigenvalue weighted by atomic mass is 16.5. The van der Waals surface area contributed by atoms with Gasteiger partial charge in [-0.25, -0.2) is 0 Å². The van der Waals surface area contributed by atoms with Crippen LogP contribution in [0.5, 0.6) is 5.75 Å². The van der Waals surface area contributed by atoms with Crippen molar-refractivity contribution in [2.24, 2.45) is 0 Å². The maximum Gasteiger partial charge on any atom is 0.261 e. The molecule has 2 amide bonds. The van der Waals surface area contributed by atoms with E-state index in [0.29, 0.717) is 31.7 Å². The Kier molecular flexibility index (Phi) is 9.10. The Hall–Kier alpha value is -2.82. The molecule has 5 heteroatoms. The van der Waals surface area contributed by atoms with Crippen molar-refractivity contribution in [3.8, 4) is 5.75 Å². The van der Waals surface area contributed by atoms with Crippen molar-refractivity contribution in [2.45, 2.75) is 58.9 Å².